The van der Waals surface area contributed by atoms with Crippen LogP contribution in [0.4, 0.5) is 0 Å². The van der Waals surface area contributed by atoms with Crippen molar-refractivity contribution in [1.29, 1.82) is 0 Å². The van der Waals surface area contributed by atoms with Crippen molar-refractivity contribution < 1.29 is 8.83 Å². The summed E-state index contributed by atoms with van der Waals surface area (Å²) in [5.74, 6) is 0.625. The fourth-order valence-corrected chi connectivity index (χ4v) is 7.05. The molecule has 10 rings (SSSR count). The lowest BCUT2D eigenvalue weighted by Gasteiger charge is -2.14. The third-order valence-corrected chi connectivity index (χ3v) is 9.30. The molecule has 4 nitrogen and oxygen atoms in total. The highest BCUT2D eigenvalue weighted by atomic mass is 16.3. The van der Waals surface area contributed by atoms with Crippen LogP contribution in [-0.2, 0) is 0 Å². The van der Waals surface area contributed by atoms with Crippen LogP contribution in [0.3, 0.4) is 0 Å². The second-order valence-corrected chi connectivity index (χ2v) is 12.1. The molecule has 4 heteroatoms. The molecule has 0 spiro atoms. The highest BCUT2D eigenvalue weighted by Gasteiger charge is 2.22. The fraction of sp³-hybridized carbons (Fsp3) is 0. The molecule has 0 atom stereocenters. The van der Waals surface area contributed by atoms with Crippen molar-refractivity contribution in [3.05, 3.63) is 158 Å². The SMILES string of the molecule is c1ccc(-c2ccc3oc4ccccc4c3c2-c2nc(-c3ccc4ccccc4c3)cc(-c3cccc4c3oc3ccccc34)n2)cc1. The zero-order valence-corrected chi connectivity index (χ0v) is 25.7. The van der Waals surface area contributed by atoms with Crippen molar-refractivity contribution in [2.45, 2.75) is 0 Å². The minimum Gasteiger partial charge on any atom is -0.456 e. The zero-order valence-electron chi connectivity index (χ0n) is 25.7. The van der Waals surface area contributed by atoms with Gasteiger partial charge in [-0.1, -0.05) is 115 Å². The Bertz CT molecular complexity index is 2850. The predicted molar refractivity (Wildman–Crippen MR) is 196 cm³/mol. The molecule has 0 aliphatic heterocycles. The number of benzene rings is 7. The molecule has 7 aromatic carbocycles. The summed E-state index contributed by atoms with van der Waals surface area (Å²) in [5.41, 5.74) is 9.90. The van der Waals surface area contributed by atoms with Crippen molar-refractivity contribution in [2.24, 2.45) is 0 Å². The molecule has 0 fully saturated rings. The summed E-state index contributed by atoms with van der Waals surface area (Å²) in [6.07, 6.45) is 0. The van der Waals surface area contributed by atoms with Crippen LogP contribution < -0.4 is 0 Å². The molecule has 0 radical (unpaired) electrons. The van der Waals surface area contributed by atoms with Crippen molar-refractivity contribution >= 4 is 54.6 Å². The van der Waals surface area contributed by atoms with Gasteiger partial charge in [0.15, 0.2) is 5.82 Å². The molecule has 0 saturated carbocycles. The summed E-state index contributed by atoms with van der Waals surface area (Å²) in [4.78, 5) is 10.8. The van der Waals surface area contributed by atoms with Crippen molar-refractivity contribution in [2.75, 3.05) is 0 Å². The summed E-state index contributed by atoms with van der Waals surface area (Å²) in [7, 11) is 0. The maximum atomic E-state index is 6.52. The van der Waals surface area contributed by atoms with Gasteiger partial charge in [0.1, 0.15) is 22.3 Å². The number of hydrogen-bond donors (Lipinski definition) is 0. The molecule has 0 amide bonds. The first-order chi connectivity index (χ1) is 23.8. The van der Waals surface area contributed by atoms with Crippen LogP contribution in [0.25, 0.3) is 99.7 Å². The monoisotopic (exact) mass is 614 g/mol. The summed E-state index contributed by atoms with van der Waals surface area (Å²) in [6.45, 7) is 0. The van der Waals surface area contributed by atoms with Crippen LogP contribution in [0.15, 0.2) is 167 Å². The van der Waals surface area contributed by atoms with E-state index in [9.17, 15) is 0 Å². The number of para-hydroxylation sites is 3. The lowest BCUT2D eigenvalue weighted by atomic mass is 9.94. The van der Waals surface area contributed by atoms with Crippen molar-refractivity contribution in [3.8, 4) is 45.0 Å². The second-order valence-electron chi connectivity index (χ2n) is 12.1. The molecule has 0 aliphatic carbocycles. The Kier molecular flexibility index (Phi) is 5.84. The molecule has 0 bridgehead atoms. The van der Waals surface area contributed by atoms with Gasteiger partial charge in [0.25, 0.3) is 0 Å². The highest BCUT2D eigenvalue weighted by molar-refractivity contribution is 6.15. The molecule has 48 heavy (non-hydrogen) atoms. The molecule has 0 unspecified atom stereocenters. The van der Waals surface area contributed by atoms with Crippen LogP contribution in [0, 0.1) is 0 Å². The lowest BCUT2D eigenvalue weighted by molar-refractivity contribution is 0.669. The highest BCUT2D eigenvalue weighted by Crippen LogP contribution is 2.43. The Morgan fingerprint density at radius 1 is 0.396 bits per heavy atom. The average Bonchev–Trinajstić information content (AvgIpc) is 3.73. The number of furan rings is 2. The molecule has 10 aromatic rings. The number of fused-ring (bicyclic) bond motifs is 7. The van der Waals surface area contributed by atoms with E-state index in [1.54, 1.807) is 0 Å². The molecular formula is C44H26N2O2. The first-order valence-electron chi connectivity index (χ1n) is 16.1. The molecule has 3 aromatic heterocycles. The van der Waals surface area contributed by atoms with Gasteiger partial charge in [0, 0.05) is 38.2 Å². The zero-order chi connectivity index (χ0) is 31.6. The summed E-state index contributed by atoms with van der Waals surface area (Å²) >= 11 is 0. The maximum absolute atomic E-state index is 6.52. The second kappa shape index (κ2) is 10.5. The molecule has 0 aliphatic rings. The molecule has 224 valence electrons. The van der Waals surface area contributed by atoms with E-state index in [1.807, 2.05) is 36.4 Å². The number of hydrogen-bond acceptors (Lipinski definition) is 4. The minimum absolute atomic E-state index is 0.625. The quantitative estimate of drug-likeness (QED) is 0.198. The van der Waals surface area contributed by atoms with Gasteiger partial charge in [-0.25, -0.2) is 9.97 Å². The average molecular weight is 615 g/mol. The van der Waals surface area contributed by atoms with Crippen LogP contribution in [0.5, 0.6) is 0 Å². The van der Waals surface area contributed by atoms with Gasteiger partial charge >= 0.3 is 0 Å². The summed E-state index contributed by atoms with van der Waals surface area (Å²) in [5, 5.41) is 6.51. The Labute approximate surface area is 275 Å². The van der Waals surface area contributed by atoms with Crippen LogP contribution in [0.2, 0.25) is 0 Å². The smallest absolute Gasteiger partial charge is 0.161 e. The van der Waals surface area contributed by atoms with Gasteiger partial charge in [-0.2, -0.15) is 0 Å². The minimum atomic E-state index is 0.625. The van der Waals surface area contributed by atoms with Crippen LogP contribution in [-0.4, -0.2) is 9.97 Å². The third kappa shape index (κ3) is 4.16. The number of nitrogens with zero attached hydrogens (tertiary/aromatic N) is 2. The van der Waals surface area contributed by atoms with Crippen LogP contribution >= 0.6 is 0 Å². The Hall–Kier alpha value is -6.52. The fourth-order valence-electron chi connectivity index (χ4n) is 7.05. The van der Waals surface area contributed by atoms with Crippen LogP contribution in [0.1, 0.15) is 0 Å². The van der Waals surface area contributed by atoms with E-state index in [0.29, 0.717) is 5.82 Å². The number of aromatic nitrogens is 2. The normalized spacial score (nSPS) is 11.8. The van der Waals surface area contributed by atoms with E-state index in [2.05, 4.69) is 121 Å². The van der Waals surface area contributed by atoms with Gasteiger partial charge in [-0.05, 0) is 64.4 Å². The predicted octanol–water partition coefficient (Wildman–Crippen LogP) is 12.1. The first-order valence-corrected chi connectivity index (χ1v) is 16.1. The Morgan fingerprint density at radius 2 is 1.10 bits per heavy atom. The van der Waals surface area contributed by atoms with E-state index in [-0.39, 0.29) is 0 Å². The Morgan fingerprint density at radius 3 is 1.98 bits per heavy atom. The molecule has 3 heterocycles. The van der Waals surface area contributed by atoms with E-state index in [1.165, 1.54) is 5.39 Å². The van der Waals surface area contributed by atoms with Gasteiger partial charge in [-0.15, -0.1) is 0 Å². The summed E-state index contributed by atoms with van der Waals surface area (Å²) < 4.78 is 12.9. The largest absolute Gasteiger partial charge is 0.456 e. The van der Waals surface area contributed by atoms with Gasteiger partial charge in [0.2, 0.25) is 0 Å². The topological polar surface area (TPSA) is 52.1 Å². The van der Waals surface area contributed by atoms with Crippen molar-refractivity contribution in [1.82, 2.24) is 9.97 Å². The number of rotatable bonds is 4. The lowest BCUT2D eigenvalue weighted by Crippen LogP contribution is -1.98. The molecular weight excluding hydrogens is 588 g/mol. The molecule has 0 saturated heterocycles. The molecule has 0 N–H and O–H groups in total. The third-order valence-electron chi connectivity index (χ3n) is 9.30. The van der Waals surface area contributed by atoms with E-state index >= 15 is 0 Å². The van der Waals surface area contributed by atoms with E-state index < -0.39 is 0 Å². The van der Waals surface area contributed by atoms with E-state index in [0.717, 1.165) is 88.5 Å². The van der Waals surface area contributed by atoms with E-state index in [4.69, 9.17) is 18.8 Å². The van der Waals surface area contributed by atoms with Gasteiger partial charge in [-0.3, -0.25) is 0 Å². The summed E-state index contributed by atoms with van der Waals surface area (Å²) in [6, 6.07) is 54.3. The maximum Gasteiger partial charge on any atom is 0.161 e. The standard InChI is InChI=1S/C44H26N2O2/c1-2-12-28(13-3-1)31-23-24-40-41(35-16-7-9-20-39(35)47-40)42(31)44-45-36(30-22-21-27-11-4-5-14-29(27)25-30)26-37(46-44)34-18-10-17-33-32-15-6-8-19-38(32)48-43(33)34/h1-26H. The van der Waals surface area contributed by atoms with Gasteiger partial charge < -0.3 is 8.83 Å². The Balaban J connectivity index is 1.32. The van der Waals surface area contributed by atoms with Crippen molar-refractivity contribution in [3.63, 3.8) is 0 Å². The first kappa shape index (κ1) is 26.7. The van der Waals surface area contributed by atoms with Gasteiger partial charge in [0.05, 0.1) is 11.4 Å².